The van der Waals surface area contributed by atoms with Crippen LogP contribution in [0.5, 0.6) is 0 Å². The van der Waals surface area contributed by atoms with E-state index >= 15 is 0 Å². The third-order valence-electron chi connectivity index (χ3n) is 5.01. The van der Waals surface area contributed by atoms with Crippen molar-refractivity contribution in [1.82, 2.24) is 25.4 Å². The number of fused-ring (bicyclic) bond motifs is 1. The van der Waals surface area contributed by atoms with Crippen LogP contribution >= 0.6 is 24.0 Å². The third-order valence-corrected chi connectivity index (χ3v) is 5.01. The second kappa shape index (κ2) is 11.7. The van der Waals surface area contributed by atoms with Crippen molar-refractivity contribution in [3.05, 3.63) is 12.2 Å². The molecule has 1 fully saturated rings. The first-order valence-corrected chi connectivity index (χ1v) is 9.88. The molecule has 0 bridgehead atoms. The van der Waals surface area contributed by atoms with Crippen LogP contribution < -0.4 is 10.6 Å². The molecule has 1 aliphatic heterocycles. The molecule has 26 heavy (non-hydrogen) atoms. The summed E-state index contributed by atoms with van der Waals surface area (Å²) in [6, 6.07) is 0.342. The van der Waals surface area contributed by atoms with Gasteiger partial charge in [0, 0.05) is 19.0 Å². The molecule has 8 heteroatoms. The molecular formula is C18H33IN6O. The van der Waals surface area contributed by atoms with Crippen LogP contribution in [0.25, 0.3) is 0 Å². The van der Waals surface area contributed by atoms with Crippen molar-refractivity contribution < 1.29 is 4.74 Å². The molecule has 148 valence electrons. The van der Waals surface area contributed by atoms with Gasteiger partial charge in [0.15, 0.2) is 5.96 Å². The van der Waals surface area contributed by atoms with E-state index in [-0.39, 0.29) is 24.0 Å². The molecule has 3 rings (SSSR count). The number of aromatic nitrogens is 3. The van der Waals surface area contributed by atoms with Gasteiger partial charge in [-0.1, -0.05) is 25.7 Å². The lowest BCUT2D eigenvalue weighted by atomic mass is 10.1. The van der Waals surface area contributed by atoms with E-state index in [1.54, 1.807) is 6.33 Å². The minimum Gasteiger partial charge on any atom is -0.376 e. The van der Waals surface area contributed by atoms with Gasteiger partial charge in [-0.2, -0.15) is 5.10 Å². The SMILES string of the molecule is CCNC(=NCCOC1CCCCCC1)NC1CCc2ncnn2C1.I. The Balaban J connectivity index is 0.00000243. The third kappa shape index (κ3) is 6.68. The molecule has 7 nitrogen and oxygen atoms in total. The molecule has 1 aromatic rings. The molecule has 1 unspecified atom stereocenters. The van der Waals surface area contributed by atoms with Crippen molar-refractivity contribution >= 4 is 29.9 Å². The molecule has 1 aliphatic carbocycles. The van der Waals surface area contributed by atoms with Crippen LogP contribution in [0.4, 0.5) is 0 Å². The zero-order valence-corrected chi connectivity index (χ0v) is 18.2. The molecule has 2 aliphatic rings. The molecular weight excluding hydrogens is 443 g/mol. The summed E-state index contributed by atoms with van der Waals surface area (Å²) in [5.74, 6) is 1.96. The number of nitrogens with zero attached hydrogens (tertiary/aromatic N) is 4. The monoisotopic (exact) mass is 476 g/mol. The highest BCUT2D eigenvalue weighted by atomic mass is 127. The first kappa shape index (κ1) is 21.4. The molecule has 2 heterocycles. The van der Waals surface area contributed by atoms with E-state index in [2.05, 4.69) is 32.6 Å². The Kier molecular flexibility index (Phi) is 9.66. The van der Waals surface area contributed by atoms with Crippen molar-refractivity contribution in [3.8, 4) is 0 Å². The smallest absolute Gasteiger partial charge is 0.191 e. The van der Waals surface area contributed by atoms with Gasteiger partial charge in [0.05, 0.1) is 25.8 Å². The fraction of sp³-hybridized carbons (Fsp3) is 0.833. The Morgan fingerprint density at radius 2 is 2.08 bits per heavy atom. The van der Waals surface area contributed by atoms with E-state index in [9.17, 15) is 0 Å². The number of rotatable bonds is 6. The van der Waals surface area contributed by atoms with Gasteiger partial charge >= 0.3 is 0 Å². The Bertz CT molecular complexity index is 542. The molecule has 0 saturated heterocycles. The number of hydrogen-bond donors (Lipinski definition) is 2. The summed E-state index contributed by atoms with van der Waals surface area (Å²) in [7, 11) is 0. The zero-order chi connectivity index (χ0) is 17.3. The van der Waals surface area contributed by atoms with E-state index in [4.69, 9.17) is 4.74 Å². The maximum atomic E-state index is 6.03. The first-order chi connectivity index (χ1) is 12.3. The number of hydrogen-bond acceptors (Lipinski definition) is 4. The Morgan fingerprint density at radius 1 is 1.27 bits per heavy atom. The fourth-order valence-corrected chi connectivity index (χ4v) is 3.65. The predicted octanol–water partition coefficient (Wildman–Crippen LogP) is 2.51. The van der Waals surface area contributed by atoms with Crippen molar-refractivity contribution in [2.45, 2.75) is 77.0 Å². The second-order valence-electron chi connectivity index (χ2n) is 6.98. The Morgan fingerprint density at radius 3 is 2.85 bits per heavy atom. The highest BCUT2D eigenvalue weighted by Crippen LogP contribution is 2.19. The van der Waals surface area contributed by atoms with E-state index in [0.29, 0.717) is 25.3 Å². The van der Waals surface area contributed by atoms with Crippen LogP contribution in [0, 0.1) is 0 Å². The van der Waals surface area contributed by atoms with E-state index in [0.717, 1.165) is 37.7 Å². The summed E-state index contributed by atoms with van der Waals surface area (Å²) in [6.07, 6.45) is 11.9. The highest BCUT2D eigenvalue weighted by Gasteiger charge is 2.20. The van der Waals surface area contributed by atoms with E-state index in [1.807, 2.05) is 4.68 Å². The number of ether oxygens (including phenoxy) is 1. The van der Waals surface area contributed by atoms with Crippen LogP contribution in [0.2, 0.25) is 0 Å². The molecule has 1 atom stereocenters. The quantitative estimate of drug-likeness (QED) is 0.217. The van der Waals surface area contributed by atoms with Crippen molar-refractivity contribution in [3.63, 3.8) is 0 Å². The molecule has 1 saturated carbocycles. The van der Waals surface area contributed by atoms with Gasteiger partial charge in [0.2, 0.25) is 0 Å². The highest BCUT2D eigenvalue weighted by molar-refractivity contribution is 14.0. The molecule has 0 spiro atoms. The second-order valence-corrected chi connectivity index (χ2v) is 6.98. The lowest BCUT2D eigenvalue weighted by molar-refractivity contribution is 0.0487. The Hall–Kier alpha value is -0.900. The van der Waals surface area contributed by atoms with Gasteiger partial charge < -0.3 is 15.4 Å². The van der Waals surface area contributed by atoms with E-state index in [1.165, 1.54) is 38.5 Å². The number of halogens is 1. The topological polar surface area (TPSA) is 76.4 Å². The summed E-state index contributed by atoms with van der Waals surface area (Å²) in [4.78, 5) is 8.96. The minimum absolute atomic E-state index is 0. The van der Waals surface area contributed by atoms with Gasteiger partial charge in [-0.25, -0.2) is 9.67 Å². The summed E-state index contributed by atoms with van der Waals surface area (Å²) in [5, 5.41) is 11.1. The normalized spacial score (nSPS) is 21.4. The average molecular weight is 476 g/mol. The lowest BCUT2D eigenvalue weighted by Crippen LogP contribution is -2.47. The zero-order valence-electron chi connectivity index (χ0n) is 15.8. The van der Waals surface area contributed by atoms with Crippen molar-refractivity contribution in [1.29, 1.82) is 0 Å². The van der Waals surface area contributed by atoms with Crippen molar-refractivity contribution in [2.75, 3.05) is 19.7 Å². The summed E-state index contributed by atoms with van der Waals surface area (Å²) in [5.41, 5.74) is 0. The molecule has 0 radical (unpaired) electrons. The van der Waals surface area contributed by atoms with Gasteiger partial charge in [0.25, 0.3) is 0 Å². The summed E-state index contributed by atoms with van der Waals surface area (Å²) in [6.45, 7) is 5.21. The van der Waals surface area contributed by atoms with E-state index < -0.39 is 0 Å². The Labute approximate surface area is 173 Å². The lowest BCUT2D eigenvalue weighted by Gasteiger charge is -2.25. The minimum atomic E-state index is 0. The average Bonchev–Trinajstić information content (AvgIpc) is 2.93. The maximum absolute atomic E-state index is 6.03. The standard InChI is InChI=1S/C18H32N6O.HI/c1-2-19-18(20-11-12-25-16-7-5-3-4-6-8-16)23-15-9-10-17-21-14-22-24(17)13-15;/h14-16H,2-13H2,1H3,(H2,19,20,23);1H. The van der Waals surface area contributed by atoms with Gasteiger partial charge in [-0.05, 0) is 26.2 Å². The van der Waals surface area contributed by atoms with Gasteiger partial charge in [-0.15, -0.1) is 24.0 Å². The largest absolute Gasteiger partial charge is 0.376 e. The summed E-state index contributed by atoms with van der Waals surface area (Å²) < 4.78 is 8.02. The molecule has 2 N–H and O–H groups in total. The maximum Gasteiger partial charge on any atom is 0.191 e. The molecule has 0 amide bonds. The van der Waals surface area contributed by atoms with Crippen LogP contribution in [0.15, 0.2) is 11.3 Å². The van der Waals surface area contributed by atoms with Crippen molar-refractivity contribution in [2.24, 2.45) is 4.99 Å². The van der Waals surface area contributed by atoms with Gasteiger partial charge in [-0.3, -0.25) is 4.99 Å². The van der Waals surface area contributed by atoms with Crippen LogP contribution in [-0.2, 0) is 17.7 Å². The predicted molar refractivity (Wildman–Crippen MR) is 114 cm³/mol. The number of nitrogens with one attached hydrogen (secondary N) is 2. The number of aryl methyl sites for hydroxylation is 1. The molecule has 1 aromatic heterocycles. The van der Waals surface area contributed by atoms with Crippen LogP contribution in [0.1, 0.15) is 57.7 Å². The fourth-order valence-electron chi connectivity index (χ4n) is 3.65. The number of aliphatic imine (C=N–C) groups is 1. The van der Waals surface area contributed by atoms with Crippen LogP contribution in [0.3, 0.4) is 0 Å². The number of guanidine groups is 1. The van der Waals surface area contributed by atoms with Crippen LogP contribution in [-0.4, -0.2) is 52.6 Å². The van der Waals surface area contributed by atoms with Gasteiger partial charge in [0.1, 0.15) is 12.2 Å². The summed E-state index contributed by atoms with van der Waals surface area (Å²) >= 11 is 0. The first-order valence-electron chi connectivity index (χ1n) is 9.88. The molecule has 0 aromatic carbocycles.